The Balaban J connectivity index is 1.24. The Kier molecular flexibility index (Phi) is 9.88. The molecule has 2 aromatic carbocycles. The van der Waals surface area contributed by atoms with Crippen molar-refractivity contribution in [1.82, 2.24) is 14.9 Å². The van der Waals surface area contributed by atoms with Gasteiger partial charge in [0.25, 0.3) is 0 Å². The molecule has 1 amide bonds. The van der Waals surface area contributed by atoms with Crippen molar-refractivity contribution in [2.75, 3.05) is 67.1 Å². The van der Waals surface area contributed by atoms with Crippen LogP contribution in [0.15, 0.2) is 55.4 Å². The maximum absolute atomic E-state index is 14.9. The van der Waals surface area contributed by atoms with E-state index < -0.39 is 11.9 Å². The third kappa shape index (κ3) is 6.90. The Morgan fingerprint density at radius 3 is 2.72 bits per heavy atom. The van der Waals surface area contributed by atoms with Crippen molar-refractivity contribution in [2.24, 2.45) is 0 Å². The summed E-state index contributed by atoms with van der Waals surface area (Å²) >= 11 is 6.06. The summed E-state index contributed by atoms with van der Waals surface area (Å²) < 4.78 is 26.5. The molecule has 3 saturated heterocycles. The first-order valence-electron chi connectivity index (χ1n) is 15.6. The van der Waals surface area contributed by atoms with Gasteiger partial charge in [-0.15, -0.1) is 0 Å². The molecule has 2 atom stereocenters. The molecule has 11 nitrogen and oxygen atoms in total. The van der Waals surface area contributed by atoms with Gasteiger partial charge in [-0.3, -0.25) is 14.5 Å². The monoisotopic (exact) mass is 651 g/mol. The second-order valence-corrected chi connectivity index (χ2v) is 12.1. The fourth-order valence-corrected chi connectivity index (χ4v) is 6.64. The average Bonchev–Trinajstić information content (AvgIpc) is 3.56. The van der Waals surface area contributed by atoms with Crippen molar-refractivity contribution < 1.29 is 23.5 Å². The molecule has 244 valence electrons. The van der Waals surface area contributed by atoms with Crippen LogP contribution >= 0.6 is 11.6 Å². The molecule has 4 heterocycles. The second kappa shape index (κ2) is 14.2. The van der Waals surface area contributed by atoms with Gasteiger partial charge in [-0.05, 0) is 38.0 Å². The van der Waals surface area contributed by atoms with E-state index in [0.29, 0.717) is 53.4 Å². The number of anilines is 5. The van der Waals surface area contributed by atoms with Crippen LogP contribution in [-0.4, -0.2) is 79.4 Å². The standard InChI is InChI=1S/C33H39ClFN7O4/c1-4-32(43)39-25-16-26(29(44-3)17-28(25)40-11-8-22(9-12-40)41-13-15-45-21(2)19-41)38-30-18-31(37-20-36-30)42-27(10-14-46-42)23-6-5-7-24(34)33(23)35/h4-7,16-18,20-22,27H,1,8-15,19H2,2-3H3,(H,39,43)(H,36,37,38). The number of nitrogens with zero attached hydrogens (tertiary/aromatic N) is 5. The highest BCUT2D eigenvalue weighted by Crippen LogP contribution is 2.41. The lowest BCUT2D eigenvalue weighted by molar-refractivity contribution is -0.111. The first-order valence-corrected chi connectivity index (χ1v) is 15.9. The lowest BCUT2D eigenvalue weighted by atomic mass is 10.0. The third-order valence-corrected chi connectivity index (χ3v) is 9.03. The van der Waals surface area contributed by atoms with E-state index >= 15 is 0 Å². The molecule has 0 bridgehead atoms. The topological polar surface area (TPSA) is 104 Å². The highest BCUT2D eigenvalue weighted by Gasteiger charge is 2.32. The Hall–Kier alpha value is -3.97. The number of nitrogens with one attached hydrogen (secondary N) is 2. The molecule has 3 aliphatic rings. The van der Waals surface area contributed by atoms with E-state index in [2.05, 4.69) is 43.9 Å². The number of aromatic nitrogens is 2. The number of hydroxylamine groups is 1. The largest absolute Gasteiger partial charge is 0.494 e. The van der Waals surface area contributed by atoms with E-state index in [1.807, 2.05) is 12.1 Å². The fraction of sp³-hybridized carbons (Fsp3) is 0.424. The van der Waals surface area contributed by atoms with Crippen molar-refractivity contribution >= 4 is 46.2 Å². The van der Waals surface area contributed by atoms with Crippen molar-refractivity contribution in [2.45, 2.75) is 44.4 Å². The van der Waals surface area contributed by atoms with Crippen LogP contribution in [0.5, 0.6) is 5.75 Å². The van der Waals surface area contributed by atoms with Crippen molar-refractivity contribution in [3.8, 4) is 5.75 Å². The number of carbonyl (C=O) groups excluding carboxylic acids is 1. The predicted octanol–water partition coefficient (Wildman–Crippen LogP) is 5.72. The summed E-state index contributed by atoms with van der Waals surface area (Å²) in [5.74, 6) is 0.693. The summed E-state index contributed by atoms with van der Waals surface area (Å²) in [5.41, 5.74) is 2.51. The number of morpholine rings is 1. The number of hydrogen-bond donors (Lipinski definition) is 2. The molecular formula is C33H39ClFN7O4. The maximum atomic E-state index is 14.9. The summed E-state index contributed by atoms with van der Waals surface area (Å²) in [6, 6.07) is 10.5. The van der Waals surface area contributed by atoms with Gasteiger partial charge < -0.3 is 25.0 Å². The van der Waals surface area contributed by atoms with Crippen LogP contribution in [0.4, 0.5) is 33.1 Å². The van der Waals surface area contributed by atoms with E-state index in [1.165, 1.54) is 18.5 Å². The van der Waals surface area contributed by atoms with Gasteiger partial charge in [-0.2, -0.15) is 0 Å². The van der Waals surface area contributed by atoms with E-state index in [9.17, 15) is 9.18 Å². The summed E-state index contributed by atoms with van der Waals surface area (Å²) in [7, 11) is 1.60. The SMILES string of the molecule is C=CC(=O)Nc1cc(Nc2cc(N3OCCC3c3cccc(Cl)c3F)ncn2)c(OC)cc1N1CCC(N2CCOC(C)C2)CC1. The minimum absolute atomic E-state index is 0.0559. The number of halogens is 2. The molecule has 0 spiro atoms. The number of benzene rings is 2. The molecule has 2 unspecified atom stereocenters. The van der Waals surface area contributed by atoms with Gasteiger partial charge >= 0.3 is 0 Å². The molecule has 0 aliphatic carbocycles. The van der Waals surface area contributed by atoms with E-state index in [-0.39, 0.29) is 17.0 Å². The molecule has 2 N–H and O–H groups in total. The lowest BCUT2D eigenvalue weighted by Gasteiger charge is -2.42. The number of hydrogen-bond acceptors (Lipinski definition) is 10. The van der Waals surface area contributed by atoms with E-state index in [1.54, 1.807) is 30.4 Å². The molecule has 0 radical (unpaired) electrons. The lowest BCUT2D eigenvalue weighted by Crippen LogP contribution is -2.51. The van der Waals surface area contributed by atoms with Crippen LogP contribution in [0, 0.1) is 5.82 Å². The van der Waals surface area contributed by atoms with Gasteiger partial charge in [0.05, 0.1) is 54.6 Å². The zero-order valence-corrected chi connectivity index (χ0v) is 26.8. The van der Waals surface area contributed by atoms with Gasteiger partial charge in [0, 0.05) is 56.3 Å². The number of ether oxygens (including phenoxy) is 2. The molecule has 3 aliphatic heterocycles. The zero-order chi connectivity index (χ0) is 32.2. The number of rotatable bonds is 9. The summed E-state index contributed by atoms with van der Waals surface area (Å²) in [4.78, 5) is 32.0. The minimum Gasteiger partial charge on any atom is -0.494 e. The van der Waals surface area contributed by atoms with Crippen molar-refractivity contribution in [3.63, 3.8) is 0 Å². The van der Waals surface area contributed by atoms with Crippen LogP contribution in [0.25, 0.3) is 0 Å². The molecule has 1 aromatic heterocycles. The van der Waals surface area contributed by atoms with Crippen LogP contribution < -0.4 is 25.3 Å². The van der Waals surface area contributed by atoms with Crippen LogP contribution in [0.1, 0.15) is 37.8 Å². The Morgan fingerprint density at radius 2 is 1.96 bits per heavy atom. The van der Waals surface area contributed by atoms with E-state index in [4.69, 9.17) is 25.9 Å². The second-order valence-electron chi connectivity index (χ2n) is 11.7. The Morgan fingerprint density at radius 1 is 1.13 bits per heavy atom. The number of carbonyl (C=O) groups is 1. The maximum Gasteiger partial charge on any atom is 0.247 e. The third-order valence-electron chi connectivity index (χ3n) is 8.74. The molecule has 3 aromatic rings. The van der Waals surface area contributed by atoms with Crippen LogP contribution in [0.2, 0.25) is 5.02 Å². The predicted molar refractivity (Wildman–Crippen MR) is 177 cm³/mol. The smallest absolute Gasteiger partial charge is 0.247 e. The first-order chi connectivity index (χ1) is 22.3. The molecule has 6 rings (SSSR count). The summed E-state index contributed by atoms with van der Waals surface area (Å²) in [6.45, 7) is 10.5. The highest BCUT2D eigenvalue weighted by molar-refractivity contribution is 6.30. The van der Waals surface area contributed by atoms with Gasteiger partial charge in [0.1, 0.15) is 23.7 Å². The summed E-state index contributed by atoms with van der Waals surface area (Å²) in [5, 5.41) is 7.93. The van der Waals surface area contributed by atoms with Crippen LogP contribution in [-0.2, 0) is 14.4 Å². The van der Waals surface area contributed by atoms with Crippen molar-refractivity contribution in [3.05, 3.63) is 71.8 Å². The molecular weight excluding hydrogens is 613 g/mol. The van der Waals surface area contributed by atoms with Crippen LogP contribution in [0.3, 0.4) is 0 Å². The molecule has 46 heavy (non-hydrogen) atoms. The van der Waals surface area contributed by atoms with Gasteiger partial charge in [-0.25, -0.2) is 19.4 Å². The van der Waals surface area contributed by atoms with Gasteiger partial charge in [-0.1, -0.05) is 30.3 Å². The molecule has 0 saturated carbocycles. The average molecular weight is 652 g/mol. The fourth-order valence-electron chi connectivity index (χ4n) is 6.46. The quantitative estimate of drug-likeness (QED) is 0.279. The Bertz CT molecular complexity index is 1570. The zero-order valence-electron chi connectivity index (χ0n) is 26.0. The van der Waals surface area contributed by atoms with Crippen molar-refractivity contribution in [1.29, 1.82) is 0 Å². The minimum atomic E-state index is -0.476. The summed E-state index contributed by atoms with van der Waals surface area (Å²) in [6.07, 6.45) is 5.48. The number of piperidine rings is 1. The highest BCUT2D eigenvalue weighted by atomic mass is 35.5. The normalized spacial score (nSPS) is 20.9. The van der Waals surface area contributed by atoms with E-state index in [0.717, 1.165) is 51.3 Å². The number of amides is 1. The Labute approximate surface area is 273 Å². The van der Waals surface area contributed by atoms with Gasteiger partial charge in [0.15, 0.2) is 5.82 Å². The van der Waals surface area contributed by atoms with Gasteiger partial charge in [0.2, 0.25) is 5.91 Å². The first kappa shape index (κ1) is 32.0. The molecule has 13 heteroatoms. The molecule has 3 fully saturated rings. The number of methoxy groups -OCH3 is 1.